The Morgan fingerprint density at radius 1 is 1.35 bits per heavy atom. The van der Waals surface area contributed by atoms with E-state index in [-0.39, 0.29) is 16.6 Å². The Morgan fingerprint density at radius 2 is 2.06 bits per heavy atom. The molecule has 1 aromatic heterocycles. The van der Waals surface area contributed by atoms with Crippen molar-refractivity contribution in [2.24, 2.45) is 0 Å². The van der Waals surface area contributed by atoms with Crippen LogP contribution in [0.15, 0.2) is 23.0 Å². The number of pyridine rings is 1. The number of aromatic nitrogens is 1. The molecule has 0 amide bonds. The van der Waals surface area contributed by atoms with Crippen LogP contribution in [-0.4, -0.2) is 18.1 Å². The normalized spacial score (nSPS) is 10.5. The molecular weight excluding hydrogens is 225 g/mol. The van der Waals surface area contributed by atoms with E-state index in [1.54, 1.807) is 13.0 Å². The standard InChI is InChI=1S/C12H10FNO3/c1-6-3-7-10(15)5-9(12(16)17-2)14-11(7)8(13)4-6/h3-5H,1-2H3,(H,14,15). The third-order valence-electron chi connectivity index (χ3n) is 2.44. The molecule has 0 radical (unpaired) electrons. The fraction of sp³-hybridized carbons (Fsp3) is 0.167. The smallest absolute Gasteiger partial charge is 0.354 e. The lowest BCUT2D eigenvalue weighted by Crippen LogP contribution is -2.12. The van der Waals surface area contributed by atoms with Gasteiger partial charge in [0.2, 0.25) is 0 Å². The van der Waals surface area contributed by atoms with Crippen molar-refractivity contribution in [3.63, 3.8) is 0 Å². The molecule has 0 unspecified atom stereocenters. The maximum absolute atomic E-state index is 13.7. The molecule has 1 aromatic carbocycles. The monoisotopic (exact) mass is 235 g/mol. The third kappa shape index (κ3) is 1.91. The summed E-state index contributed by atoms with van der Waals surface area (Å²) < 4.78 is 18.1. The zero-order chi connectivity index (χ0) is 12.6. The highest BCUT2D eigenvalue weighted by molar-refractivity contribution is 5.91. The number of esters is 1. The Bertz CT molecular complexity index is 661. The van der Waals surface area contributed by atoms with E-state index in [1.807, 2.05) is 0 Å². The number of carbonyl (C=O) groups is 1. The topological polar surface area (TPSA) is 59.2 Å². The van der Waals surface area contributed by atoms with E-state index in [2.05, 4.69) is 9.72 Å². The van der Waals surface area contributed by atoms with Gasteiger partial charge in [-0.15, -0.1) is 0 Å². The van der Waals surface area contributed by atoms with Crippen LogP contribution in [0.2, 0.25) is 0 Å². The van der Waals surface area contributed by atoms with Crippen LogP contribution >= 0.6 is 0 Å². The molecular formula is C12H10FNO3. The number of halogens is 1. The predicted octanol–water partition coefficient (Wildman–Crippen LogP) is 1.76. The van der Waals surface area contributed by atoms with Crippen molar-refractivity contribution in [2.45, 2.75) is 6.92 Å². The first-order chi connectivity index (χ1) is 8.02. The Labute approximate surface area is 96.0 Å². The largest absolute Gasteiger partial charge is 0.464 e. The zero-order valence-electron chi connectivity index (χ0n) is 9.33. The maximum atomic E-state index is 13.7. The summed E-state index contributed by atoms with van der Waals surface area (Å²) in [4.78, 5) is 25.6. The number of benzene rings is 1. The molecule has 1 heterocycles. The molecule has 0 atom stereocenters. The first kappa shape index (κ1) is 11.3. The molecule has 0 aliphatic rings. The average Bonchev–Trinajstić information content (AvgIpc) is 2.29. The molecule has 0 spiro atoms. The molecule has 88 valence electrons. The lowest BCUT2D eigenvalue weighted by molar-refractivity contribution is 0.0594. The van der Waals surface area contributed by atoms with Crippen molar-refractivity contribution in [2.75, 3.05) is 7.11 Å². The average molecular weight is 235 g/mol. The highest BCUT2D eigenvalue weighted by Crippen LogP contribution is 2.15. The van der Waals surface area contributed by atoms with Gasteiger partial charge in [-0.1, -0.05) is 0 Å². The number of aryl methyl sites for hydroxylation is 1. The quantitative estimate of drug-likeness (QED) is 0.766. The van der Waals surface area contributed by atoms with Crippen LogP contribution < -0.4 is 5.43 Å². The molecule has 0 saturated heterocycles. The van der Waals surface area contributed by atoms with Gasteiger partial charge in [0, 0.05) is 11.5 Å². The summed E-state index contributed by atoms with van der Waals surface area (Å²) in [5, 5.41) is 0.218. The first-order valence-corrected chi connectivity index (χ1v) is 4.94. The van der Waals surface area contributed by atoms with Crippen LogP contribution in [0.3, 0.4) is 0 Å². The van der Waals surface area contributed by atoms with Gasteiger partial charge in [-0.2, -0.15) is 0 Å². The highest BCUT2D eigenvalue weighted by Gasteiger charge is 2.12. The minimum atomic E-state index is -0.705. The number of aromatic amines is 1. The number of hydrogen-bond donors (Lipinski definition) is 1. The fourth-order valence-electron chi connectivity index (χ4n) is 1.66. The van der Waals surface area contributed by atoms with Crippen molar-refractivity contribution in [1.29, 1.82) is 0 Å². The Kier molecular flexibility index (Phi) is 2.67. The number of carbonyl (C=O) groups excluding carboxylic acids is 1. The van der Waals surface area contributed by atoms with E-state index in [4.69, 9.17) is 0 Å². The third-order valence-corrected chi connectivity index (χ3v) is 2.44. The number of nitrogens with one attached hydrogen (secondary N) is 1. The van der Waals surface area contributed by atoms with E-state index in [0.29, 0.717) is 5.56 Å². The van der Waals surface area contributed by atoms with Crippen LogP contribution in [0.1, 0.15) is 16.1 Å². The van der Waals surface area contributed by atoms with Crippen molar-refractivity contribution < 1.29 is 13.9 Å². The second kappa shape index (κ2) is 4.01. The van der Waals surface area contributed by atoms with Gasteiger partial charge in [0.1, 0.15) is 11.5 Å². The summed E-state index contributed by atoms with van der Waals surface area (Å²) in [5.41, 5.74) is 0.185. The van der Waals surface area contributed by atoms with Gasteiger partial charge in [0.15, 0.2) is 5.43 Å². The van der Waals surface area contributed by atoms with E-state index in [9.17, 15) is 14.0 Å². The van der Waals surface area contributed by atoms with Gasteiger partial charge in [0.25, 0.3) is 0 Å². The lowest BCUT2D eigenvalue weighted by Gasteiger charge is -2.04. The molecule has 0 aliphatic heterocycles. The summed E-state index contributed by atoms with van der Waals surface area (Å²) in [6.45, 7) is 1.69. The van der Waals surface area contributed by atoms with Crippen LogP contribution in [0.4, 0.5) is 4.39 Å². The minimum Gasteiger partial charge on any atom is -0.464 e. The van der Waals surface area contributed by atoms with E-state index in [1.165, 1.54) is 13.2 Å². The lowest BCUT2D eigenvalue weighted by atomic mass is 10.1. The van der Waals surface area contributed by atoms with Crippen LogP contribution in [-0.2, 0) is 4.74 Å². The number of hydrogen-bond acceptors (Lipinski definition) is 3. The van der Waals surface area contributed by atoms with Crippen molar-refractivity contribution in [1.82, 2.24) is 4.98 Å². The van der Waals surface area contributed by atoms with Gasteiger partial charge >= 0.3 is 5.97 Å². The Hall–Kier alpha value is -2.17. The molecule has 2 rings (SSSR count). The molecule has 17 heavy (non-hydrogen) atoms. The van der Waals surface area contributed by atoms with Gasteiger partial charge in [-0.25, -0.2) is 9.18 Å². The molecule has 0 aliphatic carbocycles. The van der Waals surface area contributed by atoms with E-state index in [0.717, 1.165) is 6.07 Å². The minimum absolute atomic E-state index is 0.0171. The zero-order valence-corrected chi connectivity index (χ0v) is 9.33. The summed E-state index contributed by atoms with van der Waals surface area (Å²) >= 11 is 0. The second-order valence-corrected chi connectivity index (χ2v) is 3.71. The molecule has 4 nitrogen and oxygen atoms in total. The van der Waals surface area contributed by atoms with Gasteiger partial charge in [0.05, 0.1) is 12.6 Å². The molecule has 0 fully saturated rings. The molecule has 1 N–H and O–H groups in total. The van der Waals surface area contributed by atoms with Crippen LogP contribution in [0.5, 0.6) is 0 Å². The maximum Gasteiger partial charge on any atom is 0.354 e. The van der Waals surface area contributed by atoms with Crippen molar-refractivity contribution in [3.8, 4) is 0 Å². The van der Waals surface area contributed by atoms with Gasteiger partial charge in [-0.05, 0) is 24.6 Å². The molecule has 5 heteroatoms. The number of rotatable bonds is 1. The van der Waals surface area contributed by atoms with E-state index < -0.39 is 17.2 Å². The Balaban J connectivity index is 2.82. The predicted molar refractivity (Wildman–Crippen MR) is 60.6 cm³/mol. The highest BCUT2D eigenvalue weighted by atomic mass is 19.1. The summed E-state index contributed by atoms with van der Waals surface area (Å²) in [6, 6.07) is 3.96. The SMILES string of the molecule is COC(=O)c1cc(=O)c2cc(C)cc(F)c2[nH]1. The van der Waals surface area contributed by atoms with Gasteiger partial charge < -0.3 is 9.72 Å². The van der Waals surface area contributed by atoms with Crippen LogP contribution in [0.25, 0.3) is 10.9 Å². The second-order valence-electron chi connectivity index (χ2n) is 3.71. The number of ether oxygens (including phenoxy) is 1. The molecule has 0 saturated carbocycles. The van der Waals surface area contributed by atoms with Crippen molar-refractivity contribution >= 4 is 16.9 Å². The van der Waals surface area contributed by atoms with E-state index >= 15 is 0 Å². The number of fused-ring (bicyclic) bond motifs is 1. The van der Waals surface area contributed by atoms with Crippen LogP contribution in [0, 0.1) is 12.7 Å². The van der Waals surface area contributed by atoms with Crippen molar-refractivity contribution in [3.05, 3.63) is 45.5 Å². The fourth-order valence-corrected chi connectivity index (χ4v) is 1.66. The number of H-pyrrole nitrogens is 1. The Morgan fingerprint density at radius 3 is 2.71 bits per heavy atom. The summed E-state index contributed by atoms with van der Waals surface area (Å²) in [6.07, 6.45) is 0. The van der Waals surface area contributed by atoms with Gasteiger partial charge in [-0.3, -0.25) is 4.79 Å². The number of methoxy groups -OCH3 is 1. The summed E-state index contributed by atoms with van der Waals surface area (Å²) in [5.74, 6) is -1.27. The summed E-state index contributed by atoms with van der Waals surface area (Å²) in [7, 11) is 1.19. The molecule has 2 aromatic rings. The molecule has 0 bridgehead atoms. The first-order valence-electron chi connectivity index (χ1n) is 4.94.